The summed E-state index contributed by atoms with van der Waals surface area (Å²) in [5.74, 6) is 0. The Balaban J connectivity index is 2.08. The summed E-state index contributed by atoms with van der Waals surface area (Å²) in [4.78, 5) is 4.20. The molecule has 66 valence electrons. The van der Waals surface area contributed by atoms with E-state index in [1.807, 2.05) is 4.68 Å². The smallest absolute Gasteiger partial charge is 0.218 e. The van der Waals surface area contributed by atoms with Crippen molar-refractivity contribution in [2.45, 2.75) is 17.0 Å². The van der Waals surface area contributed by atoms with E-state index in [9.17, 15) is 0 Å². The van der Waals surface area contributed by atoms with E-state index in [1.54, 1.807) is 18.9 Å². The maximum atomic E-state index is 5.06. The Hall–Kier alpha value is -0.0700. The summed E-state index contributed by atoms with van der Waals surface area (Å²) in [6.07, 6.45) is 0. The van der Waals surface area contributed by atoms with Crippen molar-refractivity contribution in [3.8, 4) is 0 Å². The molecule has 6 heteroatoms. The maximum Gasteiger partial charge on any atom is 0.218 e. The van der Waals surface area contributed by atoms with Gasteiger partial charge in [-0.3, -0.25) is 0 Å². The zero-order chi connectivity index (χ0) is 8.55. The molecule has 0 spiro atoms. The van der Waals surface area contributed by atoms with E-state index in [4.69, 9.17) is 4.74 Å². The van der Waals surface area contributed by atoms with Gasteiger partial charge in [0, 0.05) is 7.11 Å². The fourth-order valence-corrected chi connectivity index (χ4v) is 2.73. The molecule has 4 nitrogen and oxygen atoms in total. The average molecular weight is 250 g/mol. The minimum Gasteiger partial charge on any atom is -0.383 e. The summed E-state index contributed by atoms with van der Waals surface area (Å²) in [6, 6.07) is 0. The standard InChI is InChI=1S/C6H8BrN3OS/c1-11-3-4-2-10-6(12-4)8-5(7)9-10/h4H,2-3H2,1H3. The Morgan fingerprint density at radius 1 is 1.83 bits per heavy atom. The normalized spacial score (nSPS) is 21.3. The molecule has 1 unspecified atom stereocenters. The number of methoxy groups -OCH3 is 1. The first-order chi connectivity index (χ1) is 5.79. The molecule has 0 radical (unpaired) electrons. The number of hydrogen-bond acceptors (Lipinski definition) is 4. The van der Waals surface area contributed by atoms with Crippen molar-refractivity contribution in [2.24, 2.45) is 0 Å². The maximum absolute atomic E-state index is 5.06. The third kappa shape index (κ3) is 1.51. The molecule has 0 saturated carbocycles. The van der Waals surface area contributed by atoms with E-state index in [0.29, 0.717) is 9.98 Å². The SMILES string of the molecule is COCC1Cn2nc(Br)nc2S1. The number of nitrogens with zero attached hydrogens (tertiary/aromatic N) is 3. The number of ether oxygens (including phenoxy) is 1. The van der Waals surface area contributed by atoms with E-state index < -0.39 is 0 Å². The molecule has 0 N–H and O–H groups in total. The van der Waals surface area contributed by atoms with Crippen LogP contribution in [0.3, 0.4) is 0 Å². The molecule has 0 saturated heterocycles. The largest absolute Gasteiger partial charge is 0.383 e. The minimum atomic E-state index is 0.470. The predicted octanol–water partition coefficient (Wildman–Crippen LogP) is 1.16. The zero-order valence-corrected chi connectivity index (χ0v) is 8.93. The Kier molecular flexibility index (Phi) is 2.38. The third-order valence-corrected chi connectivity index (χ3v) is 3.08. The summed E-state index contributed by atoms with van der Waals surface area (Å²) in [5, 5.41) is 5.62. The van der Waals surface area contributed by atoms with Gasteiger partial charge in [0.1, 0.15) is 0 Å². The second-order valence-corrected chi connectivity index (χ2v) is 4.52. The van der Waals surface area contributed by atoms with Gasteiger partial charge in [-0.2, -0.15) is 4.98 Å². The van der Waals surface area contributed by atoms with Crippen LogP contribution in [0.5, 0.6) is 0 Å². The van der Waals surface area contributed by atoms with Crippen molar-refractivity contribution < 1.29 is 4.74 Å². The van der Waals surface area contributed by atoms with Gasteiger partial charge < -0.3 is 4.74 Å². The van der Waals surface area contributed by atoms with Gasteiger partial charge in [-0.05, 0) is 15.9 Å². The molecule has 1 aliphatic rings. The fourth-order valence-electron chi connectivity index (χ4n) is 1.16. The van der Waals surface area contributed by atoms with Gasteiger partial charge >= 0.3 is 0 Å². The second-order valence-electron chi connectivity index (χ2n) is 2.54. The lowest BCUT2D eigenvalue weighted by molar-refractivity contribution is 0.195. The summed E-state index contributed by atoms with van der Waals surface area (Å²) >= 11 is 4.94. The monoisotopic (exact) mass is 249 g/mol. The first-order valence-corrected chi connectivity index (χ1v) is 5.23. The summed E-state index contributed by atoms with van der Waals surface area (Å²) in [6.45, 7) is 1.65. The van der Waals surface area contributed by atoms with Crippen LogP contribution in [0.15, 0.2) is 9.89 Å². The molecule has 0 bridgehead atoms. The van der Waals surface area contributed by atoms with Gasteiger partial charge in [-0.1, -0.05) is 11.8 Å². The van der Waals surface area contributed by atoms with Crippen molar-refractivity contribution in [2.75, 3.05) is 13.7 Å². The highest BCUT2D eigenvalue weighted by Gasteiger charge is 2.24. The highest BCUT2D eigenvalue weighted by Crippen LogP contribution is 2.30. The Morgan fingerprint density at radius 2 is 2.67 bits per heavy atom. The lowest BCUT2D eigenvalue weighted by Crippen LogP contribution is -2.12. The van der Waals surface area contributed by atoms with Crippen LogP contribution in [0.2, 0.25) is 0 Å². The topological polar surface area (TPSA) is 39.9 Å². The molecule has 2 rings (SSSR count). The molecule has 1 aliphatic heterocycles. The van der Waals surface area contributed by atoms with Crippen LogP contribution in [0.4, 0.5) is 0 Å². The van der Waals surface area contributed by atoms with E-state index in [0.717, 1.165) is 18.3 Å². The Morgan fingerprint density at radius 3 is 3.33 bits per heavy atom. The van der Waals surface area contributed by atoms with Crippen molar-refractivity contribution in [1.82, 2.24) is 14.8 Å². The second kappa shape index (κ2) is 3.35. The minimum absolute atomic E-state index is 0.470. The molecule has 1 aromatic rings. The van der Waals surface area contributed by atoms with E-state index in [1.165, 1.54) is 0 Å². The Labute approximate surface area is 82.8 Å². The quantitative estimate of drug-likeness (QED) is 0.789. The van der Waals surface area contributed by atoms with Crippen LogP contribution in [-0.2, 0) is 11.3 Å². The molecular formula is C6H8BrN3OS. The lowest BCUT2D eigenvalue weighted by Gasteiger charge is -2.03. The summed E-state index contributed by atoms with van der Waals surface area (Å²) < 4.78 is 7.62. The lowest BCUT2D eigenvalue weighted by atomic mass is 10.4. The number of halogens is 1. The highest BCUT2D eigenvalue weighted by molar-refractivity contribution is 9.10. The number of rotatable bonds is 2. The van der Waals surface area contributed by atoms with Crippen LogP contribution >= 0.6 is 27.7 Å². The van der Waals surface area contributed by atoms with Gasteiger partial charge in [0.15, 0.2) is 5.16 Å². The van der Waals surface area contributed by atoms with Crippen molar-refractivity contribution in [3.63, 3.8) is 0 Å². The van der Waals surface area contributed by atoms with Crippen LogP contribution < -0.4 is 0 Å². The van der Waals surface area contributed by atoms with Gasteiger partial charge in [-0.15, -0.1) is 5.10 Å². The first kappa shape index (κ1) is 8.52. The average Bonchev–Trinajstić information content (AvgIpc) is 2.44. The predicted molar refractivity (Wildman–Crippen MR) is 49.2 cm³/mol. The van der Waals surface area contributed by atoms with Crippen LogP contribution in [0.25, 0.3) is 0 Å². The number of aromatic nitrogens is 3. The van der Waals surface area contributed by atoms with E-state index >= 15 is 0 Å². The van der Waals surface area contributed by atoms with Gasteiger partial charge in [0.2, 0.25) is 4.73 Å². The van der Waals surface area contributed by atoms with Crippen LogP contribution in [0.1, 0.15) is 0 Å². The molecular weight excluding hydrogens is 242 g/mol. The molecule has 12 heavy (non-hydrogen) atoms. The molecule has 0 amide bonds. The van der Waals surface area contributed by atoms with Gasteiger partial charge in [0.05, 0.1) is 18.4 Å². The summed E-state index contributed by atoms with van der Waals surface area (Å²) in [5.41, 5.74) is 0. The summed E-state index contributed by atoms with van der Waals surface area (Å²) in [7, 11) is 1.71. The Bertz CT molecular complexity index is 267. The molecule has 0 aliphatic carbocycles. The number of fused-ring (bicyclic) bond motifs is 1. The van der Waals surface area contributed by atoms with E-state index in [2.05, 4.69) is 26.0 Å². The fraction of sp³-hybridized carbons (Fsp3) is 0.667. The van der Waals surface area contributed by atoms with Crippen LogP contribution in [-0.4, -0.2) is 33.7 Å². The van der Waals surface area contributed by atoms with Crippen LogP contribution in [0, 0.1) is 0 Å². The first-order valence-electron chi connectivity index (χ1n) is 3.55. The highest BCUT2D eigenvalue weighted by atomic mass is 79.9. The molecule has 1 aromatic heterocycles. The van der Waals surface area contributed by atoms with Crippen molar-refractivity contribution in [3.05, 3.63) is 4.73 Å². The van der Waals surface area contributed by atoms with Crippen molar-refractivity contribution in [1.29, 1.82) is 0 Å². The molecule has 2 heterocycles. The van der Waals surface area contributed by atoms with Gasteiger partial charge in [-0.25, -0.2) is 4.68 Å². The zero-order valence-electron chi connectivity index (χ0n) is 6.53. The third-order valence-electron chi connectivity index (χ3n) is 1.61. The van der Waals surface area contributed by atoms with E-state index in [-0.39, 0.29) is 0 Å². The molecule has 1 atom stereocenters. The number of thioether (sulfide) groups is 1. The number of hydrogen-bond donors (Lipinski definition) is 0. The molecule has 0 aromatic carbocycles. The van der Waals surface area contributed by atoms with Gasteiger partial charge in [0.25, 0.3) is 0 Å². The molecule has 0 fully saturated rings. The van der Waals surface area contributed by atoms with Crippen molar-refractivity contribution >= 4 is 27.7 Å².